The molecule has 3 heterocycles. The van der Waals surface area contributed by atoms with Crippen molar-refractivity contribution in [1.82, 2.24) is 14.5 Å². The lowest BCUT2D eigenvalue weighted by molar-refractivity contribution is 0.137. The zero-order valence-corrected chi connectivity index (χ0v) is 22.7. The van der Waals surface area contributed by atoms with Gasteiger partial charge in [0.05, 0.1) is 41.7 Å². The van der Waals surface area contributed by atoms with Crippen molar-refractivity contribution in [3.63, 3.8) is 0 Å². The Morgan fingerprint density at radius 2 is 1.87 bits per heavy atom. The van der Waals surface area contributed by atoms with Gasteiger partial charge >= 0.3 is 7.60 Å². The normalized spacial score (nSPS) is 16.2. The van der Waals surface area contributed by atoms with Gasteiger partial charge in [0.25, 0.3) is 10.0 Å². The van der Waals surface area contributed by atoms with Gasteiger partial charge in [0.2, 0.25) is 5.88 Å². The smallest absolute Gasteiger partial charge is 0.345 e. The van der Waals surface area contributed by atoms with Gasteiger partial charge in [-0.25, -0.2) is 18.4 Å². The molecular weight excluding hydrogens is 578 g/mol. The maximum atomic E-state index is 13.5. The Hall–Kier alpha value is -2.70. The second kappa shape index (κ2) is 10.5. The summed E-state index contributed by atoms with van der Waals surface area (Å²) in [5.74, 6) is 0.874. The van der Waals surface area contributed by atoms with Gasteiger partial charge in [0, 0.05) is 28.0 Å². The Balaban J connectivity index is 1.49. The molecular formula is C23H21Cl2N4O7PS. The summed E-state index contributed by atoms with van der Waals surface area (Å²) in [6.45, 7) is 1.15. The summed E-state index contributed by atoms with van der Waals surface area (Å²) in [5, 5.41) is 0.727. The van der Waals surface area contributed by atoms with Crippen LogP contribution in [-0.2, 0) is 19.3 Å². The minimum absolute atomic E-state index is 0.0447. The van der Waals surface area contributed by atoms with Crippen molar-refractivity contribution in [3.8, 4) is 11.7 Å². The number of rotatable bonds is 8. The number of ether oxygens (including phenoxy) is 2. The van der Waals surface area contributed by atoms with E-state index in [0.29, 0.717) is 40.1 Å². The summed E-state index contributed by atoms with van der Waals surface area (Å²) in [4.78, 5) is 27.8. The molecule has 0 amide bonds. The first-order valence-electron chi connectivity index (χ1n) is 11.2. The Labute approximate surface area is 227 Å². The molecule has 0 radical (unpaired) electrons. The second-order valence-electron chi connectivity index (χ2n) is 8.51. The topological polar surface area (TPSA) is 144 Å². The largest absolute Gasteiger partial charge is 0.471 e. The molecule has 1 atom stereocenters. The molecule has 5 rings (SSSR count). The highest BCUT2D eigenvalue weighted by Gasteiger charge is 2.32. The minimum atomic E-state index is -4.81. The first-order valence-corrected chi connectivity index (χ1v) is 15.2. The van der Waals surface area contributed by atoms with Crippen LogP contribution in [0.25, 0.3) is 16.7 Å². The number of hydrogen-bond acceptors (Lipinski definition) is 7. The van der Waals surface area contributed by atoms with Crippen molar-refractivity contribution < 1.29 is 32.2 Å². The summed E-state index contributed by atoms with van der Waals surface area (Å²) in [6.07, 6.45) is 4.43. The molecule has 1 fully saturated rings. The molecule has 0 spiro atoms. The van der Waals surface area contributed by atoms with Crippen molar-refractivity contribution in [2.45, 2.75) is 17.4 Å². The third kappa shape index (κ3) is 5.81. The molecule has 15 heteroatoms. The number of anilines is 1. The van der Waals surface area contributed by atoms with E-state index in [1.807, 2.05) is 0 Å². The van der Waals surface area contributed by atoms with E-state index in [2.05, 4.69) is 9.97 Å². The third-order valence-electron chi connectivity index (χ3n) is 5.74. The van der Waals surface area contributed by atoms with Gasteiger partial charge < -0.3 is 19.3 Å². The number of sulfonamides is 1. The second-order valence-corrected chi connectivity index (χ2v) is 12.9. The molecule has 4 aromatic rings. The monoisotopic (exact) mass is 598 g/mol. The van der Waals surface area contributed by atoms with Gasteiger partial charge in [-0.1, -0.05) is 23.2 Å². The Morgan fingerprint density at radius 3 is 2.50 bits per heavy atom. The summed E-state index contributed by atoms with van der Waals surface area (Å²) in [5.41, 5.74) is 0.712. The van der Waals surface area contributed by atoms with E-state index in [4.69, 9.17) is 32.7 Å². The van der Waals surface area contributed by atoms with E-state index >= 15 is 0 Å². The maximum Gasteiger partial charge on any atom is 0.345 e. The van der Waals surface area contributed by atoms with Crippen LogP contribution in [0.15, 0.2) is 66.0 Å². The number of benzene rings is 2. The van der Waals surface area contributed by atoms with Gasteiger partial charge in [-0.3, -0.25) is 13.4 Å². The molecule has 11 nitrogen and oxygen atoms in total. The van der Waals surface area contributed by atoms with E-state index in [1.54, 1.807) is 29.1 Å². The quantitative estimate of drug-likeness (QED) is 0.285. The van der Waals surface area contributed by atoms with E-state index in [-0.39, 0.29) is 26.7 Å². The average molecular weight is 599 g/mol. The highest BCUT2D eigenvalue weighted by molar-refractivity contribution is 7.93. The molecule has 2 N–H and O–H groups in total. The summed E-state index contributed by atoms with van der Waals surface area (Å²) in [6, 6.07) is 9.99. The Bertz CT molecular complexity index is 1620. The van der Waals surface area contributed by atoms with E-state index in [9.17, 15) is 22.8 Å². The van der Waals surface area contributed by atoms with Crippen LogP contribution in [0.3, 0.4) is 0 Å². The number of hydrogen-bond donors (Lipinski definition) is 2. The molecule has 1 unspecified atom stereocenters. The Morgan fingerprint density at radius 1 is 1.11 bits per heavy atom. The van der Waals surface area contributed by atoms with Crippen LogP contribution < -0.4 is 9.04 Å². The summed E-state index contributed by atoms with van der Waals surface area (Å²) in [7, 11) is -9.25. The van der Waals surface area contributed by atoms with Crippen LogP contribution in [0.2, 0.25) is 10.0 Å². The van der Waals surface area contributed by atoms with E-state index in [1.165, 1.54) is 24.4 Å². The zero-order chi connectivity index (χ0) is 27.1. The van der Waals surface area contributed by atoms with Crippen LogP contribution in [0.1, 0.15) is 6.42 Å². The standard InChI is InChI=1S/C23H21Cl2N4O7PS/c24-16-8-17(25)10-20(9-16)38(33,34)29(14-37(30,31)32)18-1-2-21-15(7-18)3-5-28(21)22-11-27-23(12-26-22)36-19-4-6-35-13-19/h1-3,5,7-12,19H,4,6,13-14H2,(H2,30,31,32). The lowest BCUT2D eigenvalue weighted by atomic mass is 10.2. The molecule has 1 aliphatic rings. The fraction of sp³-hybridized carbons (Fsp3) is 0.217. The Kier molecular flexibility index (Phi) is 7.40. The van der Waals surface area contributed by atoms with Crippen LogP contribution in [-0.4, -0.2) is 58.3 Å². The van der Waals surface area contributed by atoms with Gasteiger partial charge in [0.1, 0.15) is 12.4 Å². The van der Waals surface area contributed by atoms with Gasteiger partial charge in [-0.2, -0.15) is 0 Å². The molecule has 0 bridgehead atoms. The predicted octanol–water partition coefficient (Wildman–Crippen LogP) is 4.23. The highest BCUT2D eigenvalue weighted by Crippen LogP contribution is 2.40. The highest BCUT2D eigenvalue weighted by atomic mass is 35.5. The molecule has 0 saturated carbocycles. The van der Waals surface area contributed by atoms with Gasteiger partial charge in [-0.15, -0.1) is 0 Å². The SMILES string of the molecule is O=P(O)(O)CN(c1ccc2c(ccn2-c2cnc(OC3CCOC3)cn2)c1)S(=O)(=O)c1cc(Cl)cc(Cl)c1. The van der Waals surface area contributed by atoms with Crippen molar-refractivity contribution in [3.05, 3.63) is 71.1 Å². The first kappa shape index (κ1) is 26.9. The first-order chi connectivity index (χ1) is 18.0. The summed E-state index contributed by atoms with van der Waals surface area (Å²) >= 11 is 12.0. The average Bonchev–Trinajstić information content (AvgIpc) is 3.51. The fourth-order valence-electron chi connectivity index (χ4n) is 4.02. The fourth-order valence-corrected chi connectivity index (χ4v) is 7.43. The maximum absolute atomic E-state index is 13.5. The lowest BCUT2D eigenvalue weighted by Crippen LogP contribution is -2.32. The molecule has 2 aromatic heterocycles. The van der Waals surface area contributed by atoms with Crippen LogP contribution in [0, 0.1) is 0 Å². The molecule has 1 saturated heterocycles. The molecule has 0 aliphatic carbocycles. The number of nitrogens with zero attached hydrogens (tertiary/aromatic N) is 4. The van der Waals surface area contributed by atoms with Crippen molar-refractivity contribution >= 4 is 57.4 Å². The van der Waals surface area contributed by atoms with Crippen LogP contribution >= 0.6 is 30.8 Å². The minimum Gasteiger partial charge on any atom is -0.471 e. The molecule has 1 aliphatic heterocycles. The third-order valence-corrected chi connectivity index (χ3v) is 8.77. The van der Waals surface area contributed by atoms with Crippen molar-refractivity contribution in [2.24, 2.45) is 0 Å². The molecule has 200 valence electrons. The lowest BCUT2D eigenvalue weighted by Gasteiger charge is -2.25. The van der Waals surface area contributed by atoms with Gasteiger partial charge in [0.15, 0.2) is 5.82 Å². The number of halogens is 2. The number of fused-ring (bicyclic) bond motifs is 1. The van der Waals surface area contributed by atoms with Gasteiger partial charge in [-0.05, 0) is 42.5 Å². The molecule has 38 heavy (non-hydrogen) atoms. The van der Waals surface area contributed by atoms with Crippen molar-refractivity contribution in [1.29, 1.82) is 0 Å². The van der Waals surface area contributed by atoms with Crippen molar-refractivity contribution in [2.75, 3.05) is 23.8 Å². The van der Waals surface area contributed by atoms with E-state index < -0.39 is 23.9 Å². The van der Waals surface area contributed by atoms with Crippen LogP contribution in [0.4, 0.5) is 5.69 Å². The zero-order valence-electron chi connectivity index (χ0n) is 19.5. The molecule has 2 aromatic carbocycles. The van der Waals surface area contributed by atoms with Crippen LogP contribution in [0.5, 0.6) is 5.88 Å². The van der Waals surface area contributed by atoms with E-state index in [0.717, 1.165) is 18.6 Å². The predicted molar refractivity (Wildman–Crippen MR) is 142 cm³/mol. The number of aromatic nitrogens is 3. The summed E-state index contributed by atoms with van der Waals surface area (Å²) < 4.78 is 52.3.